The molecule has 1 aliphatic rings. The third-order valence-corrected chi connectivity index (χ3v) is 4.99. The molecule has 13 heteroatoms. The molecule has 0 aliphatic heterocycles. The lowest BCUT2D eigenvalue weighted by Gasteiger charge is -2.23. The van der Waals surface area contributed by atoms with Crippen LogP contribution in [0.15, 0.2) is 43.0 Å². The molecular weight excluding hydrogens is 454 g/mol. The predicted molar refractivity (Wildman–Crippen MR) is 101 cm³/mol. The van der Waals surface area contributed by atoms with E-state index in [0.29, 0.717) is 12.1 Å². The predicted octanol–water partition coefficient (Wildman–Crippen LogP) is 4.15. The van der Waals surface area contributed by atoms with Gasteiger partial charge in [-0.3, -0.25) is 4.79 Å². The fraction of sp³-hybridized carbons (Fsp3) is 0.350. The number of halogens is 6. The van der Waals surface area contributed by atoms with Crippen LogP contribution in [0.4, 0.5) is 26.3 Å². The summed E-state index contributed by atoms with van der Waals surface area (Å²) in [6.07, 6.45) is -4.39. The minimum absolute atomic E-state index is 0.00855. The minimum atomic E-state index is -5.05. The Kier molecular flexibility index (Phi) is 5.80. The molecule has 4 rings (SSSR count). The van der Waals surface area contributed by atoms with E-state index >= 15 is 0 Å². The van der Waals surface area contributed by atoms with Crippen molar-refractivity contribution in [2.24, 2.45) is 5.92 Å². The van der Waals surface area contributed by atoms with Crippen LogP contribution in [0.3, 0.4) is 0 Å². The van der Waals surface area contributed by atoms with Crippen molar-refractivity contribution in [3.8, 4) is 5.95 Å². The molecule has 1 fully saturated rings. The lowest BCUT2D eigenvalue weighted by Crippen LogP contribution is -2.34. The summed E-state index contributed by atoms with van der Waals surface area (Å²) in [7, 11) is 0. The molecule has 2 aromatic heterocycles. The van der Waals surface area contributed by atoms with E-state index in [9.17, 15) is 31.1 Å². The molecule has 0 N–H and O–H groups in total. The van der Waals surface area contributed by atoms with Gasteiger partial charge in [0.2, 0.25) is 0 Å². The summed E-state index contributed by atoms with van der Waals surface area (Å²) in [4.78, 5) is 26.5. The number of benzene rings is 1. The van der Waals surface area contributed by atoms with Crippen LogP contribution >= 0.6 is 0 Å². The largest absolute Gasteiger partial charge is 0.416 e. The molecule has 1 aromatic carbocycles. The summed E-state index contributed by atoms with van der Waals surface area (Å²) in [5, 5.41) is 4.00. The summed E-state index contributed by atoms with van der Waals surface area (Å²) in [6, 6.07) is 2.44. The van der Waals surface area contributed by atoms with Gasteiger partial charge in [-0.15, -0.1) is 0 Å². The zero-order chi connectivity index (χ0) is 23.8. The Bertz CT molecular complexity index is 1110. The highest BCUT2D eigenvalue weighted by Gasteiger charge is 2.38. The first-order valence-corrected chi connectivity index (χ1v) is 9.77. The van der Waals surface area contributed by atoms with E-state index in [4.69, 9.17) is 0 Å². The fourth-order valence-electron chi connectivity index (χ4n) is 3.20. The molecule has 7 nitrogen and oxygen atoms in total. The molecule has 0 radical (unpaired) electrons. The summed E-state index contributed by atoms with van der Waals surface area (Å²) in [5.41, 5.74) is -3.80. The molecule has 0 spiro atoms. The highest BCUT2D eigenvalue weighted by molar-refractivity contribution is 5.94. The number of carbonyl (C=O) groups excluding carboxylic acids is 1. The second-order valence-electron chi connectivity index (χ2n) is 7.56. The molecule has 1 saturated carbocycles. The number of aromatic nitrogens is 5. The molecule has 1 amide bonds. The Balaban J connectivity index is 1.69. The van der Waals surface area contributed by atoms with Gasteiger partial charge in [-0.2, -0.15) is 36.1 Å². The average molecular weight is 470 g/mol. The van der Waals surface area contributed by atoms with Gasteiger partial charge in [-0.05, 0) is 43.0 Å². The number of carbonyl (C=O) groups is 1. The first kappa shape index (κ1) is 22.7. The van der Waals surface area contributed by atoms with Gasteiger partial charge in [0.1, 0.15) is 6.33 Å². The monoisotopic (exact) mass is 470 g/mol. The summed E-state index contributed by atoms with van der Waals surface area (Å²) in [5.74, 6) is -0.506. The molecule has 0 unspecified atom stereocenters. The Hall–Kier alpha value is -3.51. The van der Waals surface area contributed by atoms with E-state index in [1.807, 2.05) is 0 Å². The molecule has 2 heterocycles. The molecule has 0 saturated heterocycles. The summed E-state index contributed by atoms with van der Waals surface area (Å²) in [6.45, 7) is -0.0515. The number of alkyl halides is 6. The van der Waals surface area contributed by atoms with Crippen molar-refractivity contribution in [3.63, 3.8) is 0 Å². The Morgan fingerprint density at radius 2 is 1.58 bits per heavy atom. The van der Waals surface area contributed by atoms with Gasteiger partial charge >= 0.3 is 12.4 Å². The number of hydrogen-bond donors (Lipinski definition) is 0. The molecular formula is C20H16F6N6O. The van der Waals surface area contributed by atoms with Crippen LogP contribution in [0.1, 0.15) is 40.2 Å². The van der Waals surface area contributed by atoms with Gasteiger partial charge < -0.3 is 4.90 Å². The molecule has 3 aromatic rings. The molecule has 33 heavy (non-hydrogen) atoms. The van der Waals surface area contributed by atoms with Gasteiger partial charge in [0.05, 0.1) is 17.7 Å². The van der Waals surface area contributed by atoms with Gasteiger partial charge in [0, 0.05) is 24.5 Å². The van der Waals surface area contributed by atoms with Crippen molar-refractivity contribution in [2.45, 2.75) is 31.7 Å². The van der Waals surface area contributed by atoms with E-state index in [0.717, 1.165) is 12.8 Å². The molecule has 0 bridgehead atoms. The Morgan fingerprint density at radius 3 is 2.12 bits per heavy atom. The summed E-state index contributed by atoms with van der Waals surface area (Å²) >= 11 is 0. The van der Waals surface area contributed by atoms with Crippen LogP contribution in [0.2, 0.25) is 0 Å². The number of nitrogens with zero attached hydrogens (tertiary/aromatic N) is 6. The van der Waals surface area contributed by atoms with Crippen LogP contribution in [-0.2, 0) is 18.9 Å². The maximum atomic E-state index is 13.2. The van der Waals surface area contributed by atoms with Crippen molar-refractivity contribution < 1.29 is 31.1 Å². The Labute approximate surface area is 183 Å². The quantitative estimate of drug-likeness (QED) is 0.506. The van der Waals surface area contributed by atoms with Crippen LogP contribution in [0, 0.1) is 5.92 Å². The fourth-order valence-corrected chi connectivity index (χ4v) is 3.20. The van der Waals surface area contributed by atoms with E-state index in [-0.39, 0.29) is 36.8 Å². The van der Waals surface area contributed by atoms with Crippen LogP contribution in [0.5, 0.6) is 0 Å². The minimum Gasteiger partial charge on any atom is -0.331 e. The van der Waals surface area contributed by atoms with Crippen molar-refractivity contribution in [2.75, 3.05) is 6.54 Å². The van der Waals surface area contributed by atoms with Crippen LogP contribution in [0.25, 0.3) is 5.95 Å². The second-order valence-corrected chi connectivity index (χ2v) is 7.56. The van der Waals surface area contributed by atoms with Gasteiger partial charge in [0.15, 0.2) is 5.82 Å². The van der Waals surface area contributed by atoms with E-state index in [2.05, 4.69) is 20.1 Å². The van der Waals surface area contributed by atoms with Crippen LogP contribution in [-0.4, -0.2) is 42.1 Å². The maximum Gasteiger partial charge on any atom is 0.416 e. The SMILES string of the molecule is O=C(c1cc(C(F)(F)F)cc(C(F)(F)F)c1)N(Cc1ncnn1-c1ncccn1)CC1CC1. The van der Waals surface area contributed by atoms with Gasteiger partial charge in [0.25, 0.3) is 11.9 Å². The molecule has 1 aliphatic carbocycles. The van der Waals surface area contributed by atoms with Gasteiger partial charge in [-0.25, -0.2) is 15.0 Å². The molecule has 174 valence electrons. The summed E-state index contributed by atoms with van der Waals surface area (Å²) < 4.78 is 80.7. The second kappa shape index (κ2) is 8.45. The van der Waals surface area contributed by atoms with E-state index < -0.39 is 35.0 Å². The molecule has 0 atom stereocenters. The van der Waals surface area contributed by atoms with E-state index in [1.54, 1.807) is 6.07 Å². The van der Waals surface area contributed by atoms with Crippen molar-refractivity contribution in [1.29, 1.82) is 0 Å². The lowest BCUT2D eigenvalue weighted by atomic mass is 10.0. The highest BCUT2D eigenvalue weighted by atomic mass is 19.4. The third-order valence-electron chi connectivity index (χ3n) is 4.99. The standard InChI is InChI=1S/C20H16F6N6O/c21-19(22,23)14-6-13(7-15(8-14)20(24,25)26)17(33)31(9-12-2-3-12)10-16-29-11-30-32(16)18-27-4-1-5-28-18/h1,4-8,11-12H,2-3,9-10H2. The van der Waals surface area contributed by atoms with E-state index in [1.165, 1.54) is 28.3 Å². The number of amides is 1. The van der Waals surface area contributed by atoms with Crippen molar-refractivity contribution >= 4 is 5.91 Å². The zero-order valence-electron chi connectivity index (χ0n) is 16.8. The van der Waals surface area contributed by atoms with Crippen LogP contribution < -0.4 is 0 Å². The normalized spacial score (nSPS) is 14.4. The van der Waals surface area contributed by atoms with Gasteiger partial charge in [-0.1, -0.05) is 0 Å². The smallest absolute Gasteiger partial charge is 0.331 e. The Morgan fingerprint density at radius 1 is 0.970 bits per heavy atom. The average Bonchev–Trinajstić information content (AvgIpc) is 3.46. The zero-order valence-corrected chi connectivity index (χ0v) is 16.8. The maximum absolute atomic E-state index is 13.2. The lowest BCUT2D eigenvalue weighted by molar-refractivity contribution is -0.143. The number of rotatable bonds is 6. The van der Waals surface area contributed by atoms with Crippen molar-refractivity contribution in [1.82, 2.24) is 29.6 Å². The first-order chi connectivity index (χ1) is 15.5. The van der Waals surface area contributed by atoms with Crippen molar-refractivity contribution in [3.05, 3.63) is 65.5 Å². The third kappa shape index (κ3) is 5.29. The highest BCUT2D eigenvalue weighted by Crippen LogP contribution is 2.37. The first-order valence-electron chi connectivity index (χ1n) is 9.77. The number of hydrogen-bond acceptors (Lipinski definition) is 5. The topological polar surface area (TPSA) is 76.8 Å².